The Balaban J connectivity index is 0.947. The first-order chi connectivity index (χ1) is 26.2. The number of hydrogen-bond acceptors (Lipinski definition) is 1. The van der Waals surface area contributed by atoms with Crippen molar-refractivity contribution in [2.75, 3.05) is 0 Å². The van der Waals surface area contributed by atoms with Gasteiger partial charge in [-0.05, 0) is 147 Å². The molecule has 13 rings (SSSR count). The Kier molecular flexibility index (Phi) is 6.30. The van der Waals surface area contributed by atoms with Gasteiger partial charge in [-0.2, -0.15) is 0 Å². The van der Waals surface area contributed by atoms with E-state index in [2.05, 4.69) is 158 Å². The van der Waals surface area contributed by atoms with Gasteiger partial charge in [-0.1, -0.05) is 133 Å². The topological polar surface area (TPSA) is 13.1 Å². The Labute approximate surface area is 311 Å². The van der Waals surface area contributed by atoms with Gasteiger partial charge in [0.2, 0.25) is 0 Å². The van der Waals surface area contributed by atoms with Crippen molar-refractivity contribution in [1.29, 1.82) is 0 Å². The predicted octanol–water partition coefficient (Wildman–Crippen LogP) is 14.0. The molecule has 1 heterocycles. The predicted molar refractivity (Wildman–Crippen MR) is 219 cm³/mol. The molecular formula is C52H40O. The maximum Gasteiger partial charge on any atom is 0.136 e. The molecule has 8 aromatic rings. The zero-order valence-electron chi connectivity index (χ0n) is 29.8. The molecule has 0 N–H and O–H groups in total. The van der Waals surface area contributed by atoms with Gasteiger partial charge in [-0.3, -0.25) is 0 Å². The number of furan rings is 1. The lowest BCUT2D eigenvalue weighted by Gasteiger charge is -2.61. The van der Waals surface area contributed by atoms with Gasteiger partial charge >= 0.3 is 0 Å². The summed E-state index contributed by atoms with van der Waals surface area (Å²) in [5.74, 6) is 3.39. The molecule has 5 aliphatic rings. The molecule has 0 radical (unpaired) electrons. The first-order valence-corrected chi connectivity index (χ1v) is 19.7. The van der Waals surface area contributed by atoms with Crippen molar-refractivity contribution >= 4 is 21.9 Å². The van der Waals surface area contributed by atoms with Crippen molar-refractivity contribution < 1.29 is 4.42 Å². The molecule has 0 atom stereocenters. The fraction of sp³-hybridized carbons (Fsp3) is 0.192. The van der Waals surface area contributed by atoms with E-state index in [0.717, 1.165) is 34.8 Å². The molecule has 0 unspecified atom stereocenters. The van der Waals surface area contributed by atoms with Crippen LogP contribution in [-0.2, 0) is 5.41 Å². The highest BCUT2D eigenvalue weighted by atomic mass is 16.3. The smallest absolute Gasteiger partial charge is 0.136 e. The first-order valence-electron chi connectivity index (χ1n) is 19.7. The minimum absolute atomic E-state index is 0.164. The molecule has 1 nitrogen and oxygen atoms in total. The summed E-state index contributed by atoms with van der Waals surface area (Å²) in [5, 5.41) is 2.40. The Bertz CT molecular complexity index is 2700. The van der Waals surface area contributed by atoms with E-state index in [4.69, 9.17) is 4.42 Å². The molecule has 0 aliphatic heterocycles. The van der Waals surface area contributed by atoms with Crippen LogP contribution < -0.4 is 0 Å². The monoisotopic (exact) mass is 680 g/mol. The third-order valence-electron chi connectivity index (χ3n) is 13.9. The van der Waals surface area contributed by atoms with Crippen LogP contribution in [0.25, 0.3) is 77.6 Å². The highest BCUT2D eigenvalue weighted by molar-refractivity contribution is 6.14. The van der Waals surface area contributed by atoms with Gasteiger partial charge in [0.05, 0.1) is 0 Å². The van der Waals surface area contributed by atoms with Gasteiger partial charge in [0.25, 0.3) is 0 Å². The zero-order valence-corrected chi connectivity index (χ0v) is 29.8. The van der Waals surface area contributed by atoms with Gasteiger partial charge in [0, 0.05) is 16.2 Å². The summed E-state index contributed by atoms with van der Waals surface area (Å²) in [6.45, 7) is 0. The third-order valence-corrected chi connectivity index (χ3v) is 13.9. The lowest BCUT2D eigenvalue weighted by Crippen LogP contribution is -2.55. The maximum absolute atomic E-state index is 6.70. The van der Waals surface area contributed by atoms with Gasteiger partial charge < -0.3 is 4.42 Å². The Morgan fingerprint density at radius 1 is 0.396 bits per heavy atom. The summed E-state index contributed by atoms with van der Waals surface area (Å²) in [6.07, 6.45) is 7.08. The number of benzene rings is 7. The molecule has 53 heavy (non-hydrogen) atoms. The molecule has 0 saturated heterocycles. The van der Waals surface area contributed by atoms with Crippen LogP contribution in [0, 0.1) is 23.7 Å². The van der Waals surface area contributed by atoms with E-state index in [0.29, 0.717) is 0 Å². The Morgan fingerprint density at radius 2 is 0.943 bits per heavy atom. The summed E-state index contributed by atoms with van der Waals surface area (Å²) < 4.78 is 6.70. The molecule has 1 heteroatoms. The fourth-order valence-corrected chi connectivity index (χ4v) is 12.0. The van der Waals surface area contributed by atoms with E-state index < -0.39 is 0 Å². The molecule has 0 amide bonds. The third kappa shape index (κ3) is 4.25. The van der Waals surface area contributed by atoms with E-state index in [-0.39, 0.29) is 5.41 Å². The standard InChI is InChI=1S/C52H40O/c1-2-9-34(10-3-1)37-11-6-12-38(30-37)35-19-21-36(22-20-35)39-23-24-45-49(31-39)53-48-18-8-15-43(51(45)48)42-14-7-17-47-50(42)44-13-4-5-16-46(44)52(47)40-26-32-25-33(28-40)29-41(52)27-32/h1-24,30-33,40-41H,25-29H2. The summed E-state index contributed by atoms with van der Waals surface area (Å²) in [6, 6.07) is 58.5. The van der Waals surface area contributed by atoms with Crippen LogP contribution in [-0.4, -0.2) is 0 Å². The quantitative estimate of drug-likeness (QED) is 0.180. The van der Waals surface area contributed by atoms with Crippen molar-refractivity contribution in [2.24, 2.45) is 23.7 Å². The molecule has 254 valence electrons. The van der Waals surface area contributed by atoms with Crippen LogP contribution in [0.2, 0.25) is 0 Å². The number of rotatable bonds is 4. The van der Waals surface area contributed by atoms with Gasteiger partial charge in [-0.25, -0.2) is 0 Å². The van der Waals surface area contributed by atoms with Crippen LogP contribution >= 0.6 is 0 Å². The van der Waals surface area contributed by atoms with Crippen LogP contribution in [0.1, 0.15) is 43.2 Å². The second kappa shape index (κ2) is 11.2. The lowest BCUT2D eigenvalue weighted by atomic mass is 9.43. The van der Waals surface area contributed by atoms with Crippen molar-refractivity contribution in [3.8, 4) is 55.6 Å². The van der Waals surface area contributed by atoms with Crippen molar-refractivity contribution in [3.05, 3.63) is 169 Å². The zero-order chi connectivity index (χ0) is 34.7. The average Bonchev–Trinajstić information content (AvgIpc) is 3.74. The van der Waals surface area contributed by atoms with Crippen LogP contribution in [0.15, 0.2) is 162 Å². The van der Waals surface area contributed by atoms with Gasteiger partial charge in [0.15, 0.2) is 0 Å². The van der Waals surface area contributed by atoms with Crippen LogP contribution in [0.4, 0.5) is 0 Å². The maximum atomic E-state index is 6.70. The Morgan fingerprint density at radius 3 is 1.70 bits per heavy atom. The largest absolute Gasteiger partial charge is 0.456 e. The van der Waals surface area contributed by atoms with E-state index >= 15 is 0 Å². The summed E-state index contributed by atoms with van der Waals surface area (Å²) in [5.41, 5.74) is 18.1. The van der Waals surface area contributed by atoms with E-state index in [1.165, 1.54) is 98.5 Å². The average molecular weight is 681 g/mol. The van der Waals surface area contributed by atoms with Crippen molar-refractivity contribution in [1.82, 2.24) is 0 Å². The lowest BCUT2D eigenvalue weighted by molar-refractivity contribution is -0.0399. The summed E-state index contributed by atoms with van der Waals surface area (Å²) >= 11 is 0. The molecule has 5 aliphatic carbocycles. The summed E-state index contributed by atoms with van der Waals surface area (Å²) in [7, 11) is 0. The van der Waals surface area contributed by atoms with Gasteiger partial charge in [-0.15, -0.1) is 0 Å². The highest BCUT2D eigenvalue weighted by Crippen LogP contribution is 2.70. The minimum Gasteiger partial charge on any atom is -0.456 e. The minimum atomic E-state index is 0.164. The fourth-order valence-electron chi connectivity index (χ4n) is 12.0. The normalized spacial score (nSPS) is 23.5. The first kappa shape index (κ1) is 29.9. The second-order valence-corrected chi connectivity index (χ2v) is 16.5. The van der Waals surface area contributed by atoms with Gasteiger partial charge in [0.1, 0.15) is 11.2 Å². The van der Waals surface area contributed by atoms with Crippen molar-refractivity contribution in [2.45, 2.75) is 37.5 Å². The summed E-state index contributed by atoms with van der Waals surface area (Å²) in [4.78, 5) is 0. The van der Waals surface area contributed by atoms with Crippen LogP contribution in [0.5, 0.6) is 0 Å². The Hall–Kier alpha value is -5.66. The van der Waals surface area contributed by atoms with E-state index in [1.54, 1.807) is 11.1 Å². The molecule has 4 saturated carbocycles. The van der Waals surface area contributed by atoms with E-state index in [1.807, 2.05) is 0 Å². The molecule has 4 fully saturated rings. The second-order valence-electron chi connectivity index (χ2n) is 16.5. The SMILES string of the molecule is c1ccc(-c2cccc(-c3ccc(-c4ccc5c(c4)oc4cccc(-c6cccc7c6-c6ccccc6C76C7CC8CC(C7)CC6C8)c45)cc3)c2)cc1. The van der Waals surface area contributed by atoms with E-state index in [9.17, 15) is 0 Å². The molecule has 7 aromatic carbocycles. The molecular weight excluding hydrogens is 641 g/mol. The van der Waals surface area contributed by atoms with Crippen LogP contribution in [0.3, 0.4) is 0 Å². The molecule has 4 bridgehead atoms. The van der Waals surface area contributed by atoms with Crippen molar-refractivity contribution in [3.63, 3.8) is 0 Å². The number of fused-ring (bicyclic) bond motifs is 6. The highest BCUT2D eigenvalue weighted by Gasteiger charge is 2.61. The molecule has 1 spiro atoms. The number of hydrogen-bond donors (Lipinski definition) is 0. The molecule has 1 aromatic heterocycles.